The largest absolute Gasteiger partial charge is 0.368 e. The minimum atomic E-state index is -0.459. The van der Waals surface area contributed by atoms with Gasteiger partial charge in [0.2, 0.25) is 5.91 Å². The van der Waals surface area contributed by atoms with Crippen LogP contribution in [0.3, 0.4) is 0 Å². The van der Waals surface area contributed by atoms with Crippen molar-refractivity contribution in [2.75, 3.05) is 5.75 Å². The number of carbonyl (C=O) groups excluding carboxylic acids is 1. The first-order chi connectivity index (χ1) is 9.52. The summed E-state index contributed by atoms with van der Waals surface area (Å²) in [5.74, 6) is 2.04. The Kier molecular flexibility index (Phi) is 5.79. The third kappa shape index (κ3) is 4.14. The summed E-state index contributed by atoms with van der Waals surface area (Å²) in [6.45, 7) is 4.19. The van der Waals surface area contributed by atoms with Gasteiger partial charge in [-0.2, -0.15) is 11.8 Å². The van der Waals surface area contributed by atoms with Gasteiger partial charge in [0.25, 0.3) is 0 Å². The summed E-state index contributed by atoms with van der Waals surface area (Å²) < 4.78 is 0. The second-order valence-electron chi connectivity index (χ2n) is 6.95. The first-order valence-electron chi connectivity index (χ1n) is 8.21. The quantitative estimate of drug-likeness (QED) is 0.792. The van der Waals surface area contributed by atoms with Gasteiger partial charge in [0.15, 0.2) is 0 Å². The lowest BCUT2D eigenvalue weighted by Crippen LogP contribution is -2.60. The second-order valence-corrected chi connectivity index (χ2v) is 8.28. The molecular weight excluding hydrogens is 268 g/mol. The minimum Gasteiger partial charge on any atom is -0.368 e. The highest BCUT2D eigenvalue weighted by molar-refractivity contribution is 7.99. The van der Waals surface area contributed by atoms with Crippen LogP contribution < -0.4 is 11.1 Å². The lowest BCUT2D eigenvalue weighted by molar-refractivity contribution is -0.126. The van der Waals surface area contributed by atoms with E-state index >= 15 is 0 Å². The molecule has 4 heteroatoms. The first-order valence-corrected chi connectivity index (χ1v) is 9.26. The fraction of sp³-hybridized carbons (Fsp3) is 0.938. The standard InChI is InChI=1S/C16H30N2OS/c1-12(2)18-16(15(17)19)9-5-8-14(10-16)20-11-13-6-3-4-7-13/h12-14,18H,3-11H2,1-2H3,(H2,17,19). The summed E-state index contributed by atoms with van der Waals surface area (Å²) in [7, 11) is 0. The zero-order valence-electron chi connectivity index (χ0n) is 13.0. The predicted octanol–water partition coefficient (Wildman–Crippen LogP) is 3.07. The third-order valence-corrected chi connectivity index (χ3v) is 6.32. The van der Waals surface area contributed by atoms with Crippen molar-refractivity contribution in [1.82, 2.24) is 5.32 Å². The van der Waals surface area contributed by atoms with Crippen molar-refractivity contribution in [2.24, 2.45) is 11.7 Å². The maximum Gasteiger partial charge on any atom is 0.237 e. The zero-order valence-corrected chi connectivity index (χ0v) is 13.8. The smallest absolute Gasteiger partial charge is 0.237 e. The molecule has 2 aliphatic rings. The van der Waals surface area contributed by atoms with Gasteiger partial charge in [-0.25, -0.2) is 0 Å². The Morgan fingerprint density at radius 3 is 2.60 bits per heavy atom. The highest BCUT2D eigenvalue weighted by Crippen LogP contribution is 2.38. The van der Waals surface area contributed by atoms with Gasteiger partial charge in [-0.3, -0.25) is 4.79 Å². The Balaban J connectivity index is 1.89. The van der Waals surface area contributed by atoms with Crippen molar-refractivity contribution < 1.29 is 4.79 Å². The summed E-state index contributed by atoms with van der Waals surface area (Å²) in [5.41, 5.74) is 5.26. The molecule has 3 nitrogen and oxygen atoms in total. The number of amides is 1. The van der Waals surface area contributed by atoms with E-state index in [9.17, 15) is 4.79 Å². The normalized spacial score (nSPS) is 31.9. The van der Waals surface area contributed by atoms with Crippen molar-refractivity contribution in [3.05, 3.63) is 0 Å². The number of carbonyl (C=O) groups is 1. The van der Waals surface area contributed by atoms with E-state index in [2.05, 4.69) is 30.9 Å². The molecule has 2 atom stereocenters. The molecule has 0 aromatic rings. The summed E-state index contributed by atoms with van der Waals surface area (Å²) in [6.07, 6.45) is 9.82. The molecule has 2 saturated carbocycles. The summed E-state index contributed by atoms with van der Waals surface area (Å²) in [4.78, 5) is 12.0. The second kappa shape index (κ2) is 7.17. The average molecular weight is 298 g/mol. The fourth-order valence-corrected chi connectivity index (χ4v) is 5.41. The molecule has 116 valence electrons. The van der Waals surface area contributed by atoms with Gasteiger partial charge in [-0.05, 0) is 64.0 Å². The Morgan fingerprint density at radius 2 is 2.00 bits per heavy atom. The van der Waals surface area contributed by atoms with Crippen LogP contribution in [0.15, 0.2) is 0 Å². The molecule has 2 unspecified atom stereocenters. The zero-order chi connectivity index (χ0) is 14.6. The molecule has 20 heavy (non-hydrogen) atoms. The average Bonchev–Trinajstić information content (AvgIpc) is 2.89. The third-order valence-electron chi connectivity index (χ3n) is 4.78. The molecule has 0 aromatic carbocycles. The summed E-state index contributed by atoms with van der Waals surface area (Å²) in [6, 6.07) is 0.307. The Bertz CT molecular complexity index is 328. The van der Waals surface area contributed by atoms with Crippen molar-refractivity contribution in [1.29, 1.82) is 0 Å². The van der Waals surface area contributed by atoms with Crippen LogP contribution in [-0.4, -0.2) is 28.5 Å². The number of rotatable bonds is 6. The molecule has 0 saturated heterocycles. The van der Waals surface area contributed by atoms with Crippen LogP contribution in [-0.2, 0) is 4.79 Å². The highest BCUT2D eigenvalue weighted by Gasteiger charge is 2.41. The van der Waals surface area contributed by atoms with Crippen molar-refractivity contribution in [2.45, 2.75) is 82.0 Å². The van der Waals surface area contributed by atoms with Crippen LogP contribution >= 0.6 is 11.8 Å². The minimum absolute atomic E-state index is 0.155. The maximum atomic E-state index is 12.0. The molecule has 0 heterocycles. The van der Waals surface area contributed by atoms with E-state index in [1.807, 2.05) is 0 Å². The van der Waals surface area contributed by atoms with E-state index in [1.54, 1.807) is 0 Å². The van der Waals surface area contributed by atoms with Gasteiger partial charge in [-0.1, -0.05) is 12.8 Å². The van der Waals surface area contributed by atoms with E-state index in [0.29, 0.717) is 11.3 Å². The lowest BCUT2D eigenvalue weighted by atomic mass is 9.80. The molecule has 2 rings (SSSR count). The van der Waals surface area contributed by atoms with Crippen LogP contribution in [0, 0.1) is 5.92 Å². The van der Waals surface area contributed by atoms with Crippen molar-refractivity contribution >= 4 is 17.7 Å². The van der Waals surface area contributed by atoms with Crippen LogP contribution in [0.2, 0.25) is 0 Å². The molecule has 0 aromatic heterocycles. The van der Waals surface area contributed by atoms with E-state index in [-0.39, 0.29) is 5.91 Å². The summed E-state index contributed by atoms with van der Waals surface area (Å²) >= 11 is 2.09. The topological polar surface area (TPSA) is 55.1 Å². The van der Waals surface area contributed by atoms with Crippen LogP contribution in [0.4, 0.5) is 0 Å². The first kappa shape index (κ1) is 16.2. The number of nitrogens with one attached hydrogen (secondary N) is 1. The summed E-state index contributed by atoms with van der Waals surface area (Å²) in [5, 5.41) is 4.06. The lowest BCUT2D eigenvalue weighted by Gasteiger charge is -2.40. The molecule has 3 N–H and O–H groups in total. The molecule has 0 bridgehead atoms. The van der Waals surface area contributed by atoms with Gasteiger partial charge < -0.3 is 11.1 Å². The van der Waals surface area contributed by atoms with Gasteiger partial charge in [0.05, 0.1) is 5.54 Å². The molecule has 1 amide bonds. The van der Waals surface area contributed by atoms with Crippen molar-refractivity contribution in [3.63, 3.8) is 0 Å². The number of hydrogen-bond acceptors (Lipinski definition) is 3. The number of hydrogen-bond donors (Lipinski definition) is 2. The SMILES string of the molecule is CC(C)NC1(C(N)=O)CCCC(SCC2CCCC2)C1. The predicted molar refractivity (Wildman–Crippen MR) is 86.9 cm³/mol. The Labute approximate surface area is 127 Å². The number of primary amides is 1. The molecule has 0 aliphatic heterocycles. The highest BCUT2D eigenvalue weighted by atomic mass is 32.2. The number of nitrogens with two attached hydrogens (primary N) is 1. The maximum absolute atomic E-state index is 12.0. The Hall–Kier alpha value is -0.220. The van der Waals surface area contributed by atoms with Gasteiger partial charge in [-0.15, -0.1) is 0 Å². The molecule has 2 fully saturated rings. The molecule has 0 radical (unpaired) electrons. The van der Waals surface area contributed by atoms with E-state index in [0.717, 1.165) is 25.2 Å². The van der Waals surface area contributed by atoms with Gasteiger partial charge >= 0.3 is 0 Å². The van der Waals surface area contributed by atoms with Crippen LogP contribution in [0.5, 0.6) is 0 Å². The number of thioether (sulfide) groups is 1. The van der Waals surface area contributed by atoms with E-state index in [4.69, 9.17) is 5.73 Å². The fourth-order valence-electron chi connectivity index (χ4n) is 3.79. The van der Waals surface area contributed by atoms with Crippen LogP contribution in [0.1, 0.15) is 65.2 Å². The molecular formula is C16H30N2OS. The monoisotopic (exact) mass is 298 g/mol. The van der Waals surface area contributed by atoms with Gasteiger partial charge in [0, 0.05) is 11.3 Å². The molecule has 0 spiro atoms. The Morgan fingerprint density at radius 1 is 1.30 bits per heavy atom. The van der Waals surface area contributed by atoms with Crippen LogP contribution in [0.25, 0.3) is 0 Å². The van der Waals surface area contributed by atoms with Crippen molar-refractivity contribution in [3.8, 4) is 0 Å². The molecule has 2 aliphatic carbocycles. The van der Waals surface area contributed by atoms with Gasteiger partial charge in [0.1, 0.15) is 0 Å². The van der Waals surface area contributed by atoms with E-state index < -0.39 is 5.54 Å². The van der Waals surface area contributed by atoms with E-state index in [1.165, 1.54) is 37.9 Å².